The van der Waals surface area contributed by atoms with Crippen molar-refractivity contribution in [3.8, 4) is 0 Å². The molecule has 0 spiro atoms. The molecule has 116 valence electrons. The molecule has 1 nitrogen and oxygen atoms in total. The first-order chi connectivity index (χ1) is 9.95. The Balaban J connectivity index is 1.77. The number of nitrogens with one attached hydrogen (secondary N) is 1. The molecule has 0 amide bonds. The summed E-state index contributed by atoms with van der Waals surface area (Å²) in [6.07, 6.45) is 2.40. The van der Waals surface area contributed by atoms with Crippen LogP contribution in [0.25, 0.3) is 0 Å². The van der Waals surface area contributed by atoms with Gasteiger partial charge in [0.05, 0.1) is 16.3 Å². The Morgan fingerprint density at radius 1 is 1.05 bits per heavy atom. The van der Waals surface area contributed by atoms with E-state index in [1.54, 1.807) is 0 Å². The monoisotopic (exact) mass is 317 g/mol. The van der Waals surface area contributed by atoms with Crippen LogP contribution in [0.3, 0.4) is 0 Å². The van der Waals surface area contributed by atoms with Crippen LogP contribution in [-0.4, -0.2) is 6.04 Å². The van der Waals surface area contributed by atoms with Gasteiger partial charge < -0.3 is 5.32 Å². The molecule has 5 heteroatoms. The summed E-state index contributed by atoms with van der Waals surface area (Å²) >= 11 is 6.00. The number of benzene rings is 1. The summed E-state index contributed by atoms with van der Waals surface area (Å²) in [7, 11) is 0. The molecule has 21 heavy (non-hydrogen) atoms. The van der Waals surface area contributed by atoms with Crippen molar-refractivity contribution < 1.29 is 13.2 Å². The van der Waals surface area contributed by atoms with Crippen LogP contribution in [0.1, 0.15) is 44.1 Å². The second-order valence-corrected chi connectivity index (χ2v) is 6.67. The second-order valence-electron chi connectivity index (χ2n) is 6.27. The van der Waals surface area contributed by atoms with E-state index in [4.69, 9.17) is 11.6 Å². The number of anilines is 1. The molecule has 2 saturated carbocycles. The molecule has 2 fully saturated rings. The highest BCUT2D eigenvalue weighted by Gasteiger charge is 2.37. The highest BCUT2D eigenvalue weighted by Crippen LogP contribution is 2.45. The van der Waals surface area contributed by atoms with E-state index in [0.29, 0.717) is 5.92 Å². The average Bonchev–Trinajstić information content (AvgIpc) is 3.24. The van der Waals surface area contributed by atoms with Crippen molar-refractivity contribution in [3.05, 3.63) is 28.8 Å². The van der Waals surface area contributed by atoms with Gasteiger partial charge in [-0.15, -0.1) is 0 Å². The molecule has 0 heterocycles. The zero-order chi connectivity index (χ0) is 15.0. The average molecular weight is 318 g/mol. The zero-order valence-corrected chi connectivity index (χ0v) is 12.5. The molecule has 1 aromatic rings. The molecule has 2 unspecified atom stereocenters. The molecule has 0 aliphatic heterocycles. The van der Waals surface area contributed by atoms with Crippen LogP contribution in [0.5, 0.6) is 0 Å². The SMILES string of the molecule is FC(F)(F)c1cccc(Cl)c1NC1CCCC(C2CC2)C1. The van der Waals surface area contributed by atoms with E-state index >= 15 is 0 Å². The number of para-hydroxylation sites is 1. The maximum atomic E-state index is 13.1. The minimum Gasteiger partial charge on any atom is -0.381 e. The molecular weight excluding hydrogens is 299 g/mol. The standard InChI is InChI=1S/C16H19ClF3N/c17-14-6-2-5-13(16(18,19)20)15(14)21-12-4-1-3-11(9-12)10-7-8-10/h2,5-6,10-12,21H,1,3-4,7-9H2. The van der Waals surface area contributed by atoms with Crippen molar-refractivity contribution in [2.75, 3.05) is 5.32 Å². The third-order valence-electron chi connectivity index (χ3n) is 4.67. The Morgan fingerprint density at radius 2 is 1.81 bits per heavy atom. The Hall–Kier alpha value is -0.900. The molecule has 3 rings (SSSR count). The second kappa shape index (κ2) is 5.71. The molecule has 0 bridgehead atoms. The van der Waals surface area contributed by atoms with Gasteiger partial charge in [-0.2, -0.15) is 13.2 Å². The molecule has 0 aromatic heterocycles. The third-order valence-corrected chi connectivity index (χ3v) is 4.99. The van der Waals surface area contributed by atoms with Gasteiger partial charge in [0.1, 0.15) is 0 Å². The topological polar surface area (TPSA) is 12.0 Å². The van der Waals surface area contributed by atoms with Crippen LogP contribution in [0, 0.1) is 11.8 Å². The van der Waals surface area contributed by atoms with Gasteiger partial charge in [-0.25, -0.2) is 0 Å². The lowest BCUT2D eigenvalue weighted by atomic mass is 9.82. The van der Waals surface area contributed by atoms with Gasteiger partial charge in [-0.1, -0.05) is 30.5 Å². The van der Waals surface area contributed by atoms with Gasteiger partial charge >= 0.3 is 6.18 Å². The van der Waals surface area contributed by atoms with E-state index in [1.807, 2.05) is 0 Å². The third kappa shape index (κ3) is 3.47. The molecule has 0 saturated heterocycles. The highest BCUT2D eigenvalue weighted by atomic mass is 35.5. The van der Waals surface area contributed by atoms with E-state index in [-0.39, 0.29) is 16.8 Å². The summed E-state index contributed by atoms with van der Waals surface area (Å²) < 4.78 is 39.3. The smallest absolute Gasteiger partial charge is 0.381 e. The van der Waals surface area contributed by atoms with Gasteiger partial charge in [0.25, 0.3) is 0 Å². The summed E-state index contributed by atoms with van der Waals surface area (Å²) in [6.45, 7) is 0. The Labute approximate surface area is 127 Å². The van der Waals surface area contributed by atoms with Gasteiger partial charge in [0.15, 0.2) is 0 Å². The quantitative estimate of drug-likeness (QED) is 0.749. The van der Waals surface area contributed by atoms with Gasteiger partial charge in [0.2, 0.25) is 0 Å². The first-order valence-corrected chi connectivity index (χ1v) is 7.95. The first-order valence-electron chi connectivity index (χ1n) is 7.57. The summed E-state index contributed by atoms with van der Waals surface area (Å²) in [4.78, 5) is 0. The van der Waals surface area contributed by atoms with E-state index in [1.165, 1.54) is 31.4 Å². The lowest BCUT2D eigenvalue weighted by Crippen LogP contribution is -2.29. The van der Waals surface area contributed by atoms with Gasteiger partial charge in [-0.05, 0) is 49.7 Å². The van der Waals surface area contributed by atoms with Crippen molar-refractivity contribution in [2.45, 2.75) is 50.7 Å². The van der Waals surface area contributed by atoms with Crippen LogP contribution >= 0.6 is 11.6 Å². The van der Waals surface area contributed by atoms with Crippen molar-refractivity contribution >= 4 is 17.3 Å². The Kier molecular flexibility index (Phi) is 4.08. The Bertz CT molecular complexity index is 511. The number of hydrogen-bond acceptors (Lipinski definition) is 1. The van der Waals surface area contributed by atoms with Crippen molar-refractivity contribution in [3.63, 3.8) is 0 Å². The summed E-state index contributed by atoms with van der Waals surface area (Å²) in [6, 6.07) is 4.06. The van der Waals surface area contributed by atoms with Crippen molar-refractivity contribution in [1.82, 2.24) is 0 Å². The molecule has 1 N–H and O–H groups in total. The van der Waals surface area contributed by atoms with E-state index in [2.05, 4.69) is 5.32 Å². The van der Waals surface area contributed by atoms with Gasteiger partial charge in [-0.3, -0.25) is 0 Å². The molecule has 0 radical (unpaired) electrons. The van der Waals surface area contributed by atoms with Crippen molar-refractivity contribution in [1.29, 1.82) is 0 Å². The predicted molar refractivity (Wildman–Crippen MR) is 78.5 cm³/mol. The van der Waals surface area contributed by atoms with Crippen LogP contribution < -0.4 is 5.32 Å². The fourth-order valence-corrected chi connectivity index (χ4v) is 3.69. The summed E-state index contributed by atoms with van der Waals surface area (Å²) in [5.41, 5.74) is -0.614. The molecule has 2 aliphatic carbocycles. The van der Waals surface area contributed by atoms with E-state index < -0.39 is 11.7 Å². The number of halogens is 4. The molecular formula is C16H19ClF3N. The maximum absolute atomic E-state index is 13.1. The molecule has 2 atom stereocenters. The van der Waals surface area contributed by atoms with E-state index in [0.717, 1.165) is 31.2 Å². The highest BCUT2D eigenvalue weighted by molar-refractivity contribution is 6.33. The number of rotatable bonds is 3. The van der Waals surface area contributed by atoms with Crippen LogP contribution in [0.15, 0.2) is 18.2 Å². The normalized spacial score (nSPS) is 26.7. The lowest BCUT2D eigenvalue weighted by Gasteiger charge is -2.31. The van der Waals surface area contributed by atoms with Crippen molar-refractivity contribution in [2.24, 2.45) is 11.8 Å². The van der Waals surface area contributed by atoms with E-state index in [9.17, 15) is 13.2 Å². The number of alkyl halides is 3. The van der Waals surface area contributed by atoms with Crippen LogP contribution in [0.2, 0.25) is 5.02 Å². The largest absolute Gasteiger partial charge is 0.418 e. The van der Waals surface area contributed by atoms with Crippen LogP contribution in [0.4, 0.5) is 18.9 Å². The molecule has 2 aliphatic rings. The van der Waals surface area contributed by atoms with Gasteiger partial charge in [0, 0.05) is 6.04 Å². The number of hydrogen-bond donors (Lipinski definition) is 1. The zero-order valence-electron chi connectivity index (χ0n) is 11.7. The fraction of sp³-hybridized carbons (Fsp3) is 0.625. The Morgan fingerprint density at radius 3 is 2.48 bits per heavy atom. The summed E-state index contributed by atoms with van der Waals surface area (Å²) in [5.74, 6) is 1.48. The fourth-order valence-electron chi connectivity index (χ4n) is 3.47. The summed E-state index contributed by atoms with van der Waals surface area (Å²) in [5, 5.41) is 3.24. The molecule has 1 aromatic carbocycles. The predicted octanol–water partition coefficient (Wildman–Crippen LogP) is 5.74. The minimum absolute atomic E-state index is 0.0492. The first kappa shape index (κ1) is 15.0. The maximum Gasteiger partial charge on any atom is 0.418 e. The van der Waals surface area contributed by atoms with Crippen LogP contribution in [-0.2, 0) is 6.18 Å². The minimum atomic E-state index is -4.38. The lowest BCUT2D eigenvalue weighted by molar-refractivity contribution is -0.137.